The molecule has 2 nitrogen and oxygen atoms in total. The number of rotatable bonds is 2. The smallest absolute Gasteiger partial charge is 0.188 e. The lowest BCUT2D eigenvalue weighted by atomic mass is 9.68. The van der Waals surface area contributed by atoms with E-state index in [1.807, 2.05) is 70.2 Å². The van der Waals surface area contributed by atoms with Gasteiger partial charge in [-0.25, -0.2) is 0 Å². The van der Waals surface area contributed by atoms with Crippen molar-refractivity contribution < 1.29 is 9.59 Å². The second kappa shape index (κ2) is 5.55. The van der Waals surface area contributed by atoms with Crippen LogP contribution in [0.2, 0.25) is 0 Å². The maximum atomic E-state index is 13.5. The normalized spacial score (nSPS) is 19.7. The van der Waals surface area contributed by atoms with Crippen LogP contribution < -0.4 is 0 Å². The summed E-state index contributed by atoms with van der Waals surface area (Å²) in [6, 6.07) is 11.5. The Hall–Kier alpha value is -2.48. The molecule has 0 fully saturated rings. The molecule has 24 heavy (non-hydrogen) atoms. The minimum absolute atomic E-state index is 0.00762. The predicted molar refractivity (Wildman–Crippen MR) is 96.9 cm³/mol. The Labute approximate surface area is 143 Å². The topological polar surface area (TPSA) is 34.1 Å². The molecule has 0 aliphatic heterocycles. The van der Waals surface area contributed by atoms with E-state index in [9.17, 15) is 9.59 Å². The number of aryl methyl sites for hydroxylation is 3. The van der Waals surface area contributed by atoms with E-state index in [-0.39, 0.29) is 11.6 Å². The summed E-state index contributed by atoms with van der Waals surface area (Å²) in [5.74, 6) is 0.0602. The van der Waals surface area contributed by atoms with Gasteiger partial charge in [0, 0.05) is 11.1 Å². The van der Waals surface area contributed by atoms with Crippen molar-refractivity contribution >= 4 is 11.6 Å². The molecule has 0 saturated heterocycles. The highest BCUT2D eigenvalue weighted by Gasteiger charge is 2.41. The van der Waals surface area contributed by atoms with Crippen molar-refractivity contribution in [3.63, 3.8) is 0 Å². The average molecular weight is 318 g/mol. The highest BCUT2D eigenvalue weighted by atomic mass is 16.1. The third kappa shape index (κ3) is 2.34. The van der Waals surface area contributed by atoms with Gasteiger partial charge in [-0.15, -0.1) is 0 Å². The van der Waals surface area contributed by atoms with Crippen LogP contribution in [0.5, 0.6) is 0 Å². The fourth-order valence-electron chi connectivity index (χ4n) is 3.91. The maximum Gasteiger partial charge on any atom is 0.188 e. The van der Waals surface area contributed by atoms with Crippen molar-refractivity contribution in [2.75, 3.05) is 0 Å². The molecule has 1 atom stereocenters. The molecule has 122 valence electrons. The highest BCUT2D eigenvalue weighted by molar-refractivity contribution is 6.16. The zero-order chi connectivity index (χ0) is 17.6. The summed E-state index contributed by atoms with van der Waals surface area (Å²) in [5.41, 5.74) is 5.12. The van der Waals surface area contributed by atoms with Crippen molar-refractivity contribution in [1.82, 2.24) is 0 Å². The summed E-state index contributed by atoms with van der Waals surface area (Å²) in [6.45, 7) is 9.70. The van der Waals surface area contributed by atoms with Crippen LogP contribution in [0.1, 0.15) is 56.8 Å². The lowest BCUT2D eigenvalue weighted by molar-refractivity contribution is 0.0919. The number of fused-ring (bicyclic) bond motifs is 1. The number of ketones is 2. The first-order valence-corrected chi connectivity index (χ1v) is 8.22. The third-order valence-corrected chi connectivity index (χ3v) is 4.97. The van der Waals surface area contributed by atoms with Gasteiger partial charge in [-0.2, -0.15) is 0 Å². The van der Waals surface area contributed by atoms with Crippen molar-refractivity contribution in [1.29, 1.82) is 0 Å². The van der Waals surface area contributed by atoms with E-state index in [4.69, 9.17) is 0 Å². The van der Waals surface area contributed by atoms with Gasteiger partial charge in [0.15, 0.2) is 11.6 Å². The maximum absolute atomic E-state index is 13.5. The molecule has 2 aromatic carbocycles. The SMILES string of the molecule is CC1=CC(C)(C(=O)c2c(C)cc(C)cc2C)c2ccccc2C1=O. The van der Waals surface area contributed by atoms with Gasteiger partial charge in [0.2, 0.25) is 0 Å². The molecule has 0 heterocycles. The minimum Gasteiger partial charge on any atom is -0.293 e. The molecule has 1 aliphatic carbocycles. The minimum atomic E-state index is -0.820. The summed E-state index contributed by atoms with van der Waals surface area (Å²) in [6.07, 6.45) is 1.83. The van der Waals surface area contributed by atoms with Gasteiger partial charge in [0.25, 0.3) is 0 Å². The second-order valence-corrected chi connectivity index (χ2v) is 7.01. The molecular weight excluding hydrogens is 296 g/mol. The van der Waals surface area contributed by atoms with E-state index >= 15 is 0 Å². The number of allylic oxidation sites excluding steroid dienone is 2. The molecule has 0 amide bonds. The highest BCUT2D eigenvalue weighted by Crippen LogP contribution is 2.39. The molecule has 3 rings (SSSR count). The van der Waals surface area contributed by atoms with E-state index < -0.39 is 5.41 Å². The lowest BCUT2D eigenvalue weighted by Gasteiger charge is -2.32. The Bertz CT molecular complexity index is 879. The van der Waals surface area contributed by atoms with Gasteiger partial charge in [-0.3, -0.25) is 9.59 Å². The first-order chi connectivity index (χ1) is 11.3. The third-order valence-electron chi connectivity index (χ3n) is 4.97. The van der Waals surface area contributed by atoms with E-state index in [0.29, 0.717) is 11.1 Å². The molecule has 0 N–H and O–H groups in total. The van der Waals surface area contributed by atoms with Gasteiger partial charge in [-0.05, 0) is 56.9 Å². The number of benzene rings is 2. The second-order valence-electron chi connectivity index (χ2n) is 7.01. The Morgan fingerprint density at radius 1 is 0.958 bits per heavy atom. The van der Waals surface area contributed by atoms with Crippen LogP contribution in [0.15, 0.2) is 48.0 Å². The van der Waals surface area contributed by atoms with Crippen LogP contribution in [-0.4, -0.2) is 11.6 Å². The van der Waals surface area contributed by atoms with E-state index in [1.54, 1.807) is 6.92 Å². The van der Waals surface area contributed by atoms with Crippen LogP contribution in [0, 0.1) is 20.8 Å². The Morgan fingerprint density at radius 3 is 2.17 bits per heavy atom. The Balaban J connectivity index is 2.25. The van der Waals surface area contributed by atoms with Crippen molar-refractivity contribution in [2.24, 2.45) is 0 Å². The van der Waals surface area contributed by atoms with Crippen LogP contribution in [0.25, 0.3) is 0 Å². The molecule has 2 aromatic rings. The quantitative estimate of drug-likeness (QED) is 0.738. The number of hydrogen-bond donors (Lipinski definition) is 0. The molecule has 1 aliphatic rings. The molecule has 1 unspecified atom stereocenters. The van der Waals surface area contributed by atoms with Gasteiger partial charge >= 0.3 is 0 Å². The number of carbonyl (C=O) groups is 2. The lowest BCUT2D eigenvalue weighted by Crippen LogP contribution is -2.36. The monoisotopic (exact) mass is 318 g/mol. The molecule has 0 spiro atoms. The van der Waals surface area contributed by atoms with Crippen LogP contribution >= 0.6 is 0 Å². The van der Waals surface area contributed by atoms with Crippen LogP contribution in [0.4, 0.5) is 0 Å². The van der Waals surface area contributed by atoms with E-state index in [1.165, 1.54) is 0 Å². The van der Waals surface area contributed by atoms with Gasteiger partial charge in [-0.1, -0.05) is 48.0 Å². The molecular formula is C22H22O2. The molecule has 0 bridgehead atoms. The fourth-order valence-corrected chi connectivity index (χ4v) is 3.91. The van der Waals surface area contributed by atoms with Gasteiger partial charge < -0.3 is 0 Å². The number of Topliss-reactive ketones (excluding diaryl/α,β-unsaturated/α-hetero) is 2. The zero-order valence-electron chi connectivity index (χ0n) is 14.9. The first kappa shape index (κ1) is 16.4. The summed E-state index contributed by atoms with van der Waals surface area (Å²) in [4.78, 5) is 26.0. The molecule has 2 heteroatoms. The van der Waals surface area contributed by atoms with Crippen molar-refractivity contribution in [2.45, 2.75) is 40.0 Å². The molecule has 0 radical (unpaired) electrons. The Morgan fingerprint density at radius 2 is 1.54 bits per heavy atom. The van der Waals surface area contributed by atoms with Gasteiger partial charge in [0.1, 0.15) is 0 Å². The predicted octanol–water partition coefficient (Wildman–Crippen LogP) is 4.90. The largest absolute Gasteiger partial charge is 0.293 e. The fraction of sp³-hybridized carbons (Fsp3) is 0.273. The van der Waals surface area contributed by atoms with Crippen LogP contribution in [-0.2, 0) is 5.41 Å². The van der Waals surface area contributed by atoms with Crippen molar-refractivity contribution in [3.8, 4) is 0 Å². The Kier molecular flexibility index (Phi) is 3.79. The number of carbonyl (C=O) groups excluding carboxylic acids is 2. The average Bonchev–Trinajstić information content (AvgIpc) is 2.51. The summed E-state index contributed by atoms with van der Waals surface area (Å²) < 4.78 is 0. The zero-order valence-corrected chi connectivity index (χ0v) is 14.9. The molecule has 0 saturated carbocycles. The summed E-state index contributed by atoms with van der Waals surface area (Å²) in [7, 11) is 0. The van der Waals surface area contributed by atoms with Crippen molar-refractivity contribution in [3.05, 3.63) is 81.4 Å². The van der Waals surface area contributed by atoms with E-state index in [0.717, 1.165) is 27.8 Å². The standard InChI is InChI=1S/C22H22O2/c1-13-10-14(2)19(15(3)11-13)21(24)22(5)12-16(4)20(23)17-8-6-7-9-18(17)22/h6-12H,1-5H3. The number of hydrogen-bond acceptors (Lipinski definition) is 2. The van der Waals surface area contributed by atoms with Gasteiger partial charge in [0.05, 0.1) is 5.41 Å². The first-order valence-electron chi connectivity index (χ1n) is 8.22. The van der Waals surface area contributed by atoms with Crippen LogP contribution in [0.3, 0.4) is 0 Å². The van der Waals surface area contributed by atoms with E-state index in [2.05, 4.69) is 0 Å². The summed E-state index contributed by atoms with van der Waals surface area (Å²) in [5, 5.41) is 0. The molecule has 0 aromatic heterocycles. The summed E-state index contributed by atoms with van der Waals surface area (Å²) >= 11 is 0.